The summed E-state index contributed by atoms with van der Waals surface area (Å²) in [7, 11) is 0. The van der Waals surface area contributed by atoms with Gasteiger partial charge in [0.15, 0.2) is 0 Å². The lowest BCUT2D eigenvalue weighted by atomic mass is 9.98. The summed E-state index contributed by atoms with van der Waals surface area (Å²) in [6, 6.07) is 8.69. The standard InChI is InChI=1S/C17H27NO/c1-4-18(16-10-8-9-14(2)13-16)15(3)19-17-11-6-5-7-12-17/h8-10,13,15,17H,4-7,11-12H2,1-3H3. The van der Waals surface area contributed by atoms with Crippen molar-refractivity contribution >= 4 is 5.69 Å². The lowest BCUT2D eigenvalue weighted by Gasteiger charge is -2.34. The molecule has 0 bridgehead atoms. The van der Waals surface area contributed by atoms with Gasteiger partial charge in [-0.2, -0.15) is 0 Å². The van der Waals surface area contributed by atoms with E-state index < -0.39 is 0 Å². The van der Waals surface area contributed by atoms with E-state index >= 15 is 0 Å². The third-order valence-electron chi connectivity index (χ3n) is 4.05. The van der Waals surface area contributed by atoms with Crippen LogP contribution in [0.5, 0.6) is 0 Å². The SMILES string of the molecule is CCN(c1cccc(C)c1)C(C)OC1CCCCC1. The summed E-state index contributed by atoms with van der Waals surface area (Å²) >= 11 is 0. The Morgan fingerprint density at radius 3 is 2.63 bits per heavy atom. The Morgan fingerprint density at radius 1 is 1.26 bits per heavy atom. The maximum absolute atomic E-state index is 6.26. The van der Waals surface area contributed by atoms with Gasteiger partial charge < -0.3 is 9.64 Å². The molecule has 2 rings (SSSR count). The number of hydrogen-bond acceptors (Lipinski definition) is 2. The molecule has 106 valence electrons. The summed E-state index contributed by atoms with van der Waals surface area (Å²) in [5.74, 6) is 0. The van der Waals surface area contributed by atoms with Gasteiger partial charge in [-0.1, -0.05) is 31.4 Å². The van der Waals surface area contributed by atoms with Crippen molar-refractivity contribution in [3.05, 3.63) is 29.8 Å². The van der Waals surface area contributed by atoms with Crippen LogP contribution in [0, 0.1) is 6.92 Å². The number of anilines is 1. The number of benzene rings is 1. The van der Waals surface area contributed by atoms with E-state index in [9.17, 15) is 0 Å². The van der Waals surface area contributed by atoms with Crippen molar-refractivity contribution in [3.63, 3.8) is 0 Å². The second kappa shape index (κ2) is 6.95. The van der Waals surface area contributed by atoms with E-state index in [0.717, 1.165) is 6.54 Å². The Kier molecular flexibility index (Phi) is 5.26. The highest BCUT2D eigenvalue weighted by atomic mass is 16.5. The molecule has 1 aromatic rings. The maximum atomic E-state index is 6.26. The minimum atomic E-state index is 0.162. The Bertz CT molecular complexity index is 385. The van der Waals surface area contributed by atoms with Crippen LogP contribution < -0.4 is 4.90 Å². The largest absolute Gasteiger partial charge is 0.355 e. The molecule has 0 aliphatic heterocycles. The van der Waals surface area contributed by atoms with Gasteiger partial charge in [0.25, 0.3) is 0 Å². The Hall–Kier alpha value is -1.02. The van der Waals surface area contributed by atoms with Crippen molar-refractivity contribution < 1.29 is 4.74 Å². The predicted molar refractivity (Wildman–Crippen MR) is 81.6 cm³/mol. The van der Waals surface area contributed by atoms with E-state index in [1.807, 2.05) is 0 Å². The van der Waals surface area contributed by atoms with E-state index in [1.165, 1.54) is 43.4 Å². The zero-order chi connectivity index (χ0) is 13.7. The molecule has 2 heteroatoms. The van der Waals surface area contributed by atoms with Crippen LogP contribution in [0.25, 0.3) is 0 Å². The molecule has 0 aromatic heterocycles. The van der Waals surface area contributed by atoms with Crippen molar-refractivity contribution in [1.82, 2.24) is 0 Å². The van der Waals surface area contributed by atoms with E-state index in [0.29, 0.717) is 6.10 Å². The Balaban J connectivity index is 1.99. The summed E-state index contributed by atoms with van der Waals surface area (Å²) < 4.78 is 6.26. The molecule has 0 saturated heterocycles. The summed E-state index contributed by atoms with van der Waals surface area (Å²) in [6.45, 7) is 7.50. The van der Waals surface area contributed by atoms with E-state index in [1.54, 1.807) is 0 Å². The highest BCUT2D eigenvalue weighted by Crippen LogP contribution is 2.24. The molecule has 19 heavy (non-hydrogen) atoms. The quantitative estimate of drug-likeness (QED) is 0.723. The van der Waals surface area contributed by atoms with Gasteiger partial charge in [-0.15, -0.1) is 0 Å². The molecule has 1 atom stereocenters. The molecule has 0 N–H and O–H groups in total. The fourth-order valence-corrected chi connectivity index (χ4v) is 3.01. The molecule has 1 fully saturated rings. The monoisotopic (exact) mass is 261 g/mol. The first-order valence-electron chi connectivity index (χ1n) is 7.69. The molecule has 1 unspecified atom stereocenters. The van der Waals surface area contributed by atoms with Crippen LogP contribution in [0.15, 0.2) is 24.3 Å². The highest BCUT2D eigenvalue weighted by molar-refractivity contribution is 5.48. The van der Waals surface area contributed by atoms with Gasteiger partial charge in [0.1, 0.15) is 6.23 Å². The molecule has 0 radical (unpaired) electrons. The van der Waals surface area contributed by atoms with Crippen LogP contribution >= 0.6 is 0 Å². The summed E-state index contributed by atoms with van der Waals surface area (Å²) in [5, 5.41) is 0. The number of aryl methyl sites for hydroxylation is 1. The van der Waals surface area contributed by atoms with Gasteiger partial charge in [0, 0.05) is 12.2 Å². The van der Waals surface area contributed by atoms with Crippen molar-refractivity contribution in [2.24, 2.45) is 0 Å². The second-order valence-corrected chi connectivity index (χ2v) is 5.62. The van der Waals surface area contributed by atoms with Crippen LogP contribution in [0.1, 0.15) is 51.5 Å². The summed E-state index contributed by atoms with van der Waals surface area (Å²) in [5.41, 5.74) is 2.58. The molecular formula is C17H27NO. The average Bonchev–Trinajstić information content (AvgIpc) is 2.41. The van der Waals surface area contributed by atoms with Gasteiger partial charge in [0.2, 0.25) is 0 Å². The lowest BCUT2D eigenvalue weighted by Crippen LogP contribution is -2.38. The van der Waals surface area contributed by atoms with Crippen molar-refractivity contribution in [3.8, 4) is 0 Å². The molecule has 1 aromatic carbocycles. The molecular weight excluding hydrogens is 234 g/mol. The Labute approximate surface area is 117 Å². The fourth-order valence-electron chi connectivity index (χ4n) is 3.01. The smallest absolute Gasteiger partial charge is 0.127 e. The molecule has 0 heterocycles. The minimum Gasteiger partial charge on any atom is -0.355 e. The predicted octanol–water partition coefficient (Wildman–Crippen LogP) is 4.52. The van der Waals surface area contributed by atoms with Crippen LogP contribution in [0.3, 0.4) is 0 Å². The average molecular weight is 261 g/mol. The van der Waals surface area contributed by atoms with E-state index in [2.05, 4.69) is 49.9 Å². The highest BCUT2D eigenvalue weighted by Gasteiger charge is 2.20. The first kappa shape index (κ1) is 14.4. The molecule has 0 spiro atoms. The molecule has 0 amide bonds. The normalized spacial score (nSPS) is 18.3. The van der Waals surface area contributed by atoms with Crippen LogP contribution in [0.4, 0.5) is 5.69 Å². The van der Waals surface area contributed by atoms with Gasteiger partial charge in [0.05, 0.1) is 6.10 Å². The van der Waals surface area contributed by atoms with E-state index in [4.69, 9.17) is 4.74 Å². The van der Waals surface area contributed by atoms with Gasteiger partial charge >= 0.3 is 0 Å². The third kappa shape index (κ3) is 3.97. The summed E-state index contributed by atoms with van der Waals surface area (Å²) in [4.78, 5) is 2.35. The summed E-state index contributed by atoms with van der Waals surface area (Å²) in [6.07, 6.45) is 7.12. The molecule has 2 nitrogen and oxygen atoms in total. The fraction of sp³-hybridized carbons (Fsp3) is 0.647. The van der Waals surface area contributed by atoms with Gasteiger partial charge in [-0.3, -0.25) is 0 Å². The van der Waals surface area contributed by atoms with E-state index in [-0.39, 0.29) is 6.23 Å². The lowest BCUT2D eigenvalue weighted by molar-refractivity contribution is -0.0214. The first-order chi connectivity index (χ1) is 9.20. The third-order valence-corrected chi connectivity index (χ3v) is 4.05. The Morgan fingerprint density at radius 2 is 2.00 bits per heavy atom. The first-order valence-corrected chi connectivity index (χ1v) is 7.69. The van der Waals surface area contributed by atoms with Gasteiger partial charge in [-0.25, -0.2) is 0 Å². The molecule has 1 saturated carbocycles. The number of nitrogens with zero attached hydrogens (tertiary/aromatic N) is 1. The molecule has 1 aliphatic carbocycles. The number of ether oxygens (including phenoxy) is 1. The van der Waals surface area contributed by atoms with Crippen molar-refractivity contribution in [1.29, 1.82) is 0 Å². The van der Waals surface area contributed by atoms with Crippen molar-refractivity contribution in [2.75, 3.05) is 11.4 Å². The maximum Gasteiger partial charge on any atom is 0.127 e. The van der Waals surface area contributed by atoms with Gasteiger partial charge in [-0.05, 0) is 51.3 Å². The number of rotatable bonds is 5. The minimum absolute atomic E-state index is 0.162. The van der Waals surface area contributed by atoms with Crippen LogP contribution in [-0.4, -0.2) is 18.9 Å². The molecule has 1 aliphatic rings. The zero-order valence-electron chi connectivity index (χ0n) is 12.6. The van der Waals surface area contributed by atoms with Crippen molar-refractivity contribution in [2.45, 2.75) is 65.2 Å². The topological polar surface area (TPSA) is 12.5 Å². The van der Waals surface area contributed by atoms with Crippen LogP contribution in [-0.2, 0) is 4.74 Å². The zero-order valence-corrected chi connectivity index (χ0v) is 12.6. The van der Waals surface area contributed by atoms with Crippen LogP contribution in [0.2, 0.25) is 0 Å². The second-order valence-electron chi connectivity index (χ2n) is 5.62. The number of hydrogen-bond donors (Lipinski definition) is 0.